The molecule has 1 N–H and O–H groups in total. The van der Waals surface area contributed by atoms with Crippen molar-refractivity contribution in [2.45, 2.75) is 33.2 Å². The number of hydrazone groups is 1. The zero-order valence-electron chi connectivity index (χ0n) is 10.7. The fourth-order valence-electron chi connectivity index (χ4n) is 1.37. The molecule has 18 heavy (non-hydrogen) atoms. The van der Waals surface area contributed by atoms with Crippen LogP contribution in [0.25, 0.3) is 0 Å². The van der Waals surface area contributed by atoms with Gasteiger partial charge in [-0.1, -0.05) is 24.9 Å². The number of hydrogen-bond acceptors (Lipinski definition) is 4. The van der Waals surface area contributed by atoms with Crippen LogP contribution in [0.15, 0.2) is 5.10 Å². The first kappa shape index (κ1) is 14.5. The van der Waals surface area contributed by atoms with Crippen LogP contribution in [0.1, 0.15) is 31.0 Å². The van der Waals surface area contributed by atoms with Gasteiger partial charge in [-0.2, -0.15) is 10.2 Å². The Hall–Kier alpha value is -1.56. The van der Waals surface area contributed by atoms with Gasteiger partial charge in [0, 0.05) is 6.54 Å². The largest absolute Gasteiger partial charge is 0.452 e. The maximum atomic E-state index is 10.8. The van der Waals surface area contributed by atoms with E-state index in [-0.39, 0.29) is 0 Å². The fraction of sp³-hybridized carbons (Fsp3) is 0.545. The maximum Gasteiger partial charge on any atom is 0.427 e. The minimum Gasteiger partial charge on any atom is -0.452 e. The molecule has 0 radical (unpaired) electrons. The molecule has 1 heterocycles. The number of amides is 1. The highest BCUT2D eigenvalue weighted by atomic mass is 35.5. The van der Waals surface area contributed by atoms with Crippen LogP contribution in [-0.2, 0) is 11.3 Å². The van der Waals surface area contributed by atoms with Crippen molar-refractivity contribution in [3.8, 4) is 0 Å². The van der Waals surface area contributed by atoms with Gasteiger partial charge in [-0.05, 0) is 13.3 Å². The maximum absolute atomic E-state index is 10.8. The van der Waals surface area contributed by atoms with Crippen LogP contribution in [0.4, 0.5) is 4.79 Å². The number of halogens is 1. The summed E-state index contributed by atoms with van der Waals surface area (Å²) in [4.78, 5) is 10.8. The van der Waals surface area contributed by atoms with Crippen LogP contribution >= 0.6 is 11.6 Å². The molecule has 0 atom stereocenters. The summed E-state index contributed by atoms with van der Waals surface area (Å²) in [6.45, 7) is 4.72. The van der Waals surface area contributed by atoms with Gasteiger partial charge >= 0.3 is 6.09 Å². The third kappa shape index (κ3) is 3.73. The van der Waals surface area contributed by atoms with E-state index in [1.54, 1.807) is 4.68 Å². The summed E-state index contributed by atoms with van der Waals surface area (Å²) in [6, 6.07) is 0. The molecule has 1 aromatic heterocycles. The summed E-state index contributed by atoms with van der Waals surface area (Å²) in [5, 5.41) is 8.58. The Morgan fingerprint density at radius 2 is 2.39 bits per heavy atom. The van der Waals surface area contributed by atoms with E-state index in [0.29, 0.717) is 10.7 Å². The topological polar surface area (TPSA) is 68.5 Å². The van der Waals surface area contributed by atoms with Gasteiger partial charge in [-0.3, -0.25) is 4.68 Å². The molecule has 6 nitrogen and oxygen atoms in total. The van der Waals surface area contributed by atoms with Crippen molar-refractivity contribution in [3.05, 3.63) is 16.4 Å². The number of aromatic nitrogens is 2. The lowest BCUT2D eigenvalue weighted by atomic mass is 10.3. The van der Waals surface area contributed by atoms with Gasteiger partial charge in [-0.15, -0.1) is 0 Å². The van der Waals surface area contributed by atoms with Gasteiger partial charge in [0.05, 0.1) is 24.6 Å². The highest BCUT2D eigenvalue weighted by Crippen LogP contribution is 2.18. The Balaban J connectivity index is 2.76. The molecule has 0 saturated carbocycles. The van der Waals surface area contributed by atoms with Gasteiger partial charge in [0.15, 0.2) is 0 Å². The number of ether oxygens (including phenoxy) is 1. The van der Waals surface area contributed by atoms with Crippen LogP contribution in [0.5, 0.6) is 0 Å². The Labute approximate surface area is 111 Å². The van der Waals surface area contributed by atoms with Gasteiger partial charge in [0.25, 0.3) is 0 Å². The molecule has 0 saturated heterocycles. The average molecular weight is 273 g/mol. The monoisotopic (exact) mass is 272 g/mol. The van der Waals surface area contributed by atoms with Crippen LogP contribution in [0.3, 0.4) is 0 Å². The molecule has 1 amide bonds. The van der Waals surface area contributed by atoms with E-state index < -0.39 is 6.09 Å². The number of nitrogens with zero attached hydrogens (tertiary/aromatic N) is 3. The van der Waals surface area contributed by atoms with Crippen molar-refractivity contribution in [1.29, 1.82) is 0 Å². The first-order valence-electron chi connectivity index (χ1n) is 5.70. The highest BCUT2D eigenvalue weighted by Gasteiger charge is 2.11. The Bertz CT molecular complexity index is 442. The molecule has 0 fully saturated rings. The SMILES string of the molecule is CCCCn1nc(C)c(/C=N\NC(=O)OC)c1Cl. The van der Waals surface area contributed by atoms with Crippen molar-refractivity contribution < 1.29 is 9.53 Å². The number of aryl methyl sites for hydroxylation is 2. The van der Waals surface area contributed by atoms with Crippen molar-refractivity contribution in [2.75, 3.05) is 7.11 Å². The normalized spacial score (nSPS) is 10.9. The van der Waals surface area contributed by atoms with Crippen LogP contribution in [-0.4, -0.2) is 29.2 Å². The minimum absolute atomic E-state index is 0.524. The third-order valence-corrected chi connectivity index (χ3v) is 2.77. The molecule has 1 rings (SSSR count). The molecular formula is C11H17ClN4O2. The number of unbranched alkanes of at least 4 members (excludes halogenated alkanes) is 1. The van der Waals surface area contributed by atoms with Gasteiger partial charge in [0.1, 0.15) is 5.15 Å². The van der Waals surface area contributed by atoms with Crippen LogP contribution < -0.4 is 5.43 Å². The van der Waals surface area contributed by atoms with Crippen molar-refractivity contribution in [3.63, 3.8) is 0 Å². The van der Waals surface area contributed by atoms with E-state index in [1.807, 2.05) is 6.92 Å². The molecule has 7 heteroatoms. The van der Waals surface area contributed by atoms with E-state index in [1.165, 1.54) is 13.3 Å². The molecule has 0 spiro atoms. The summed E-state index contributed by atoms with van der Waals surface area (Å²) in [5.41, 5.74) is 3.67. The Kier molecular flexibility index (Phi) is 5.64. The molecule has 0 aliphatic carbocycles. The quantitative estimate of drug-likeness (QED) is 0.661. The fourth-order valence-corrected chi connectivity index (χ4v) is 1.67. The van der Waals surface area contributed by atoms with Gasteiger partial charge in [0.2, 0.25) is 0 Å². The first-order valence-corrected chi connectivity index (χ1v) is 6.07. The van der Waals surface area contributed by atoms with Gasteiger partial charge < -0.3 is 4.74 Å². The standard InChI is InChI=1S/C11H17ClN4O2/c1-4-5-6-16-10(12)9(8(2)15-16)7-13-14-11(17)18-3/h7H,4-6H2,1-3H3,(H,14,17)/b13-7-. The van der Waals surface area contributed by atoms with E-state index in [4.69, 9.17) is 11.6 Å². The lowest BCUT2D eigenvalue weighted by Gasteiger charge is -2.00. The Morgan fingerprint density at radius 1 is 1.67 bits per heavy atom. The number of carbonyl (C=O) groups is 1. The summed E-state index contributed by atoms with van der Waals surface area (Å²) in [6.07, 6.45) is 2.92. The minimum atomic E-state index is -0.626. The number of methoxy groups -OCH3 is 1. The van der Waals surface area contributed by atoms with Crippen molar-refractivity contribution >= 4 is 23.9 Å². The van der Waals surface area contributed by atoms with E-state index in [9.17, 15) is 4.79 Å². The number of hydrogen-bond donors (Lipinski definition) is 1. The number of rotatable bonds is 5. The second-order valence-corrected chi connectivity index (χ2v) is 4.09. The summed E-state index contributed by atoms with van der Waals surface area (Å²) >= 11 is 6.18. The number of nitrogens with one attached hydrogen (secondary N) is 1. The average Bonchev–Trinajstić information content (AvgIpc) is 2.63. The molecule has 1 aromatic rings. The van der Waals surface area contributed by atoms with E-state index in [2.05, 4.69) is 27.3 Å². The third-order valence-electron chi connectivity index (χ3n) is 2.37. The van der Waals surface area contributed by atoms with Crippen molar-refractivity contribution in [1.82, 2.24) is 15.2 Å². The highest BCUT2D eigenvalue weighted by molar-refractivity contribution is 6.32. The first-order chi connectivity index (χ1) is 8.60. The zero-order valence-corrected chi connectivity index (χ0v) is 11.5. The molecule has 0 unspecified atom stereocenters. The lowest BCUT2D eigenvalue weighted by molar-refractivity contribution is 0.171. The summed E-state index contributed by atoms with van der Waals surface area (Å²) in [7, 11) is 1.27. The smallest absolute Gasteiger partial charge is 0.427 e. The molecule has 0 aliphatic heterocycles. The van der Waals surface area contributed by atoms with Crippen LogP contribution in [0, 0.1) is 6.92 Å². The number of carbonyl (C=O) groups excluding carboxylic acids is 1. The lowest BCUT2D eigenvalue weighted by Crippen LogP contribution is -2.16. The summed E-state index contributed by atoms with van der Waals surface area (Å²) in [5.74, 6) is 0. The molecule has 0 aromatic carbocycles. The van der Waals surface area contributed by atoms with Crippen LogP contribution in [0.2, 0.25) is 5.15 Å². The predicted octanol–water partition coefficient (Wildman–Crippen LogP) is 2.33. The molecule has 100 valence electrons. The molecular weight excluding hydrogens is 256 g/mol. The molecule has 0 bridgehead atoms. The van der Waals surface area contributed by atoms with E-state index in [0.717, 1.165) is 25.1 Å². The van der Waals surface area contributed by atoms with Crippen molar-refractivity contribution in [2.24, 2.45) is 5.10 Å². The Morgan fingerprint density at radius 3 is 3.00 bits per heavy atom. The molecule has 0 aliphatic rings. The second kappa shape index (κ2) is 7.00. The summed E-state index contributed by atoms with van der Waals surface area (Å²) < 4.78 is 6.13. The second-order valence-electron chi connectivity index (χ2n) is 3.73. The predicted molar refractivity (Wildman–Crippen MR) is 70.0 cm³/mol. The zero-order chi connectivity index (χ0) is 13.5. The van der Waals surface area contributed by atoms with Gasteiger partial charge in [-0.25, -0.2) is 10.2 Å². The van der Waals surface area contributed by atoms with E-state index >= 15 is 0 Å².